The first-order valence-electron chi connectivity index (χ1n) is 9.81. The molecule has 4 rings (SSSR count). The molecule has 0 spiro atoms. The van der Waals surface area contributed by atoms with E-state index in [0.29, 0.717) is 10.6 Å². The molecule has 10 heteroatoms. The summed E-state index contributed by atoms with van der Waals surface area (Å²) in [5.41, 5.74) is 1.21. The van der Waals surface area contributed by atoms with E-state index in [9.17, 15) is 18.0 Å². The SMILES string of the molecule is O=C1CN(S(=O)(=O)c2ccc(C(=O)NC(c3ccc(Cl)cc3)c3cccs3)cc2)CCN1. The van der Waals surface area contributed by atoms with E-state index < -0.39 is 10.0 Å². The summed E-state index contributed by atoms with van der Waals surface area (Å²) in [4.78, 5) is 25.5. The number of benzene rings is 2. The lowest BCUT2D eigenvalue weighted by molar-refractivity contribution is -0.122. The number of nitrogens with one attached hydrogen (secondary N) is 2. The number of nitrogens with zero attached hydrogens (tertiary/aromatic N) is 1. The lowest BCUT2D eigenvalue weighted by atomic mass is 10.0. The van der Waals surface area contributed by atoms with Gasteiger partial charge in [0.15, 0.2) is 0 Å². The van der Waals surface area contributed by atoms with Crippen molar-refractivity contribution in [1.82, 2.24) is 14.9 Å². The first-order chi connectivity index (χ1) is 15.3. The summed E-state index contributed by atoms with van der Waals surface area (Å²) in [6.07, 6.45) is 0. The smallest absolute Gasteiger partial charge is 0.252 e. The summed E-state index contributed by atoms with van der Waals surface area (Å²) in [5, 5.41) is 8.16. The molecule has 2 aromatic carbocycles. The summed E-state index contributed by atoms with van der Waals surface area (Å²) < 4.78 is 26.7. The van der Waals surface area contributed by atoms with Gasteiger partial charge >= 0.3 is 0 Å². The molecule has 1 unspecified atom stereocenters. The zero-order valence-electron chi connectivity index (χ0n) is 16.8. The normalized spacial score (nSPS) is 15.7. The summed E-state index contributed by atoms with van der Waals surface area (Å²) >= 11 is 7.52. The Morgan fingerprint density at radius 1 is 1.09 bits per heavy atom. The van der Waals surface area contributed by atoms with E-state index in [-0.39, 0.29) is 42.4 Å². The third kappa shape index (κ3) is 4.86. The van der Waals surface area contributed by atoms with Gasteiger partial charge in [-0.15, -0.1) is 11.3 Å². The molecule has 1 aliphatic rings. The number of halogens is 1. The van der Waals surface area contributed by atoms with Crippen LogP contribution >= 0.6 is 22.9 Å². The van der Waals surface area contributed by atoms with E-state index in [0.717, 1.165) is 14.7 Å². The van der Waals surface area contributed by atoms with E-state index >= 15 is 0 Å². The second kappa shape index (κ2) is 9.41. The molecule has 2 heterocycles. The van der Waals surface area contributed by atoms with Crippen molar-refractivity contribution in [3.63, 3.8) is 0 Å². The van der Waals surface area contributed by atoms with Crippen LogP contribution in [-0.4, -0.2) is 44.2 Å². The molecular formula is C22H20ClN3O4S2. The molecule has 1 aromatic heterocycles. The molecule has 7 nitrogen and oxygen atoms in total. The number of hydrogen-bond acceptors (Lipinski definition) is 5. The highest BCUT2D eigenvalue weighted by atomic mass is 35.5. The number of carbonyl (C=O) groups excluding carboxylic acids is 2. The number of carbonyl (C=O) groups is 2. The van der Waals surface area contributed by atoms with Crippen molar-refractivity contribution in [3.8, 4) is 0 Å². The van der Waals surface area contributed by atoms with Crippen LogP contribution in [0.15, 0.2) is 70.9 Å². The fourth-order valence-corrected chi connectivity index (χ4v) is 5.72. The topological polar surface area (TPSA) is 95.6 Å². The van der Waals surface area contributed by atoms with E-state index in [1.54, 1.807) is 12.1 Å². The van der Waals surface area contributed by atoms with Crippen molar-refractivity contribution < 1.29 is 18.0 Å². The van der Waals surface area contributed by atoms with Crippen LogP contribution < -0.4 is 10.6 Å². The maximum Gasteiger partial charge on any atom is 0.252 e. The molecule has 2 N–H and O–H groups in total. The first-order valence-corrected chi connectivity index (χ1v) is 12.5. The fourth-order valence-electron chi connectivity index (χ4n) is 3.39. The number of sulfonamides is 1. The van der Waals surface area contributed by atoms with Gasteiger partial charge in [-0.1, -0.05) is 29.8 Å². The standard InChI is InChI=1S/C22H20ClN3O4S2/c23-17-7-3-15(4-8-17)21(19-2-1-13-31-19)25-22(28)16-5-9-18(10-6-16)32(29,30)26-12-11-24-20(27)14-26/h1-10,13,21H,11-12,14H2,(H,24,27)(H,25,28). The number of amides is 2. The highest BCUT2D eigenvalue weighted by molar-refractivity contribution is 7.89. The van der Waals surface area contributed by atoms with Crippen LogP contribution in [0.1, 0.15) is 26.8 Å². The average Bonchev–Trinajstić information content (AvgIpc) is 3.33. The summed E-state index contributed by atoms with van der Waals surface area (Å²) in [7, 11) is -3.81. The lowest BCUT2D eigenvalue weighted by Gasteiger charge is -2.26. The zero-order valence-corrected chi connectivity index (χ0v) is 19.2. The van der Waals surface area contributed by atoms with Gasteiger partial charge < -0.3 is 10.6 Å². The third-order valence-corrected chi connectivity index (χ3v) is 8.11. The largest absolute Gasteiger partial charge is 0.354 e. The highest BCUT2D eigenvalue weighted by Gasteiger charge is 2.29. The van der Waals surface area contributed by atoms with Crippen molar-refractivity contribution in [3.05, 3.63) is 87.1 Å². The van der Waals surface area contributed by atoms with Crippen LogP contribution in [0.4, 0.5) is 0 Å². The second-order valence-corrected chi connectivity index (χ2v) is 10.5. The molecule has 0 bridgehead atoms. The van der Waals surface area contributed by atoms with Gasteiger partial charge in [0, 0.05) is 28.6 Å². The molecule has 1 saturated heterocycles. The Morgan fingerprint density at radius 2 is 1.81 bits per heavy atom. The third-order valence-electron chi connectivity index (χ3n) is 5.06. The molecule has 1 fully saturated rings. The van der Waals surface area contributed by atoms with Crippen molar-refractivity contribution in [2.75, 3.05) is 19.6 Å². The van der Waals surface area contributed by atoms with Gasteiger partial charge in [-0.3, -0.25) is 9.59 Å². The zero-order chi connectivity index (χ0) is 22.7. The Bertz CT molecular complexity index is 1210. The van der Waals surface area contributed by atoms with Crippen molar-refractivity contribution in [2.24, 2.45) is 0 Å². The summed E-state index contributed by atoms with van der Waals surface area (Å²) in [5.74, 6) is -0.669. The van der Waals surface area contributed by atoms with E-state index in [4.69, 9.17) is 11.6 Å². The molecule has 32 heavy (non-hydrogen) atoms. The molecule has 0 saturated carbocycles. The number of rotatable bonds is 6. The van der Waals surface area contributed by atoms with Crippen LogP contribution in [0.3, 0.4) is 0 Å². The van der Waals surface area contributed by atoms with Gasteiger partial charge in [0.05, 0.1) is 17.5 Å². The lowest BCUT2D eigenvalue weighted by Crippen LogP contribution is -2.49. The Labute approximate surface area is 195 Å². The van der Waals surface area contributed by atoms with Gasteiger partial charge in [-0.2, -0.15) is 4.31 Å². The van der Waals surface area contributed by atoms with Gasteiger partial charge in [0.2, 0.25) is 15.9 Å². The van der Waals surface area contributed by atoms with E-state index in [1.807, 2.05) is 29.6 Å². The molecule has 1 aliphatic heterocycles. The summed E-state index contributed by atoms with van der Waals surface area (Å²) in [6.45, 7) is 0.265. The van der Waals surface area contributed by atoms with Gasteiger partial charge in [0.1, 0.15) is 0 Å². The molecular weight excluding hydrogens is 470 g/mol. The molecule has 3 aromatic rings. The number of piperazine rings is 1. The number of hydrogen-bond donors (Lipinski definition) is 2. The number of thiophene rings is 1. The van der Waals surface area contributed by atoms with Crippen LogP contribution in [-0.2, 0) is 14.8 Å². The Morgan fingerprint density at radius 3 is 2.44 bits per heavy atom. The quantitative estimate of drug-likeness (QED) is 0.556. The molecule has 0 radical (unpaired) electrons. The monoisotopic (exact) mass is 489 g/mol. The average molecular weight is 490 g/mol. The van der Waals surface area contributed by atoms with Crippen molar-refractivity contribution in [1.29, 1.82) is 0 Å². The molecule has 0 aliphatic carbocycles. The minimum atomic E-state index is -3.81. The minimum absolute atomic E-state index is 0.0382. The van der Waals surface area contributed by atoms with Gasteiger partial charge in [-0.05, 0) is 53.4 Å². The van der Waals surface area contributed by atoms with Gasteiger partial charge in [-0.25, -0.2) is 8.42 Å². The Hall–Kier alpha value is -2.72. The van der Waals surface area contributed by atoms with Crippen molar-refractivity contribution in [2.45, 2.75) is 10.9 Å². The fraction of sp³-hybridized carbons (Fsp3) is 0.182. The summed E-state index contributed by atoms with van der Waals surface area (Å²) in [6, 6.07) is 16.5. The molecule has 166 valence electrons. The highest BCUT2D eigenvalue weighted by Crippen LogP contribution is 2.27. The Balaban J connectivity index is 1.54. The maximum absolute atomic E-state index is 13.0. The molecule has 2 amide bonds. The predicted molar refractivity (Wildman–Crippen MR) is 123 cm³/mol. The van der Waals surface area contributed by atoms with E-state index in [1.165, 1.54) is 35.6 Å². The second-order valence-electron chi connectivity index (χ2n) is 7.19. The maximum atomic E-state index is 13.0. The van der Waals surface area contributed by atoms with Crippen LogP contribution in [0.5, 0.6) is 0 Å². The van der Waals surface area contributed by atoms with Crippen LogP contribution in [0.25, 0.3) is 0 Å². The Kier molecular flexibility index (Phi) is 6.61. The van der Waals surface area contributed by atoms with E-state index in [2.05, 4.69) is 10.6 Å². The van der Waals surface area contributed by atoms with Crippen LogP contribution in [0, 0.1) is 0 Å². The van der Waals surface area contributed by atoms with Crippen molar-refractivity contribution >= 4 is 44.8 Å². The first kappa shape index (κ1) is 22.5. The predicted octanol–water partition coefficient (Wildman–Crippen LogP) is 3.04. The minimum Gasteiger partial charge on any atom is -0.354 e. The van der Waals surface area contributed by atoms with Gasteiger partial charge in [0.25, 0.3) is 5.91 Å². The molecule has 1 atom stereocenters. The van der Waals surface area contributed by atoms with Crippen LogP contribution in [0.2, 0.25) is 5.02 Å².